The number of anilines is 2. The van der Waals surface area contributed by atoms with E-state index in [1.807, 2.05) is 13.0 Å². The first-order valence-electron chi connectivity index (χ1n) is 6.28. The minimum atomic E-state index is -0.369. The van der Waals surface area contributed by atoms with Crippen LogP contribution in [0.2, 0.25) is 0 Å². The molecule has 1 aromatic carbocycles. The van der Waals surface area contributed by atoms with Crippen molar-refractivity contribution in [2.75, 3.05) is 11.1 Å². The number of amides is 1. The van der Waals surface area contributed by atoms with Crippen LogP contribution in [0.15, 0.2) is 29.4 Å². The quantitative estimate of drug-likeness (QED) is 0.724. The molecule has 21 heavy (non-hydrogen) atoms. The van der Waals surface area contributed by atoms with Gasteiger partial charge in [-0.1, -0.05) is 30.8 Å². The van der Waals surface area contributed by atoms with E-state index in [0.717, 1.165) is 0 Å². The number of benzene rings is 1. The Hall–Kier alpha value is -2.53. The summed E-state index contributed by atoms with van der Waals surface area (Å²) < 4.78 is 0. The fraction of sp³-hybridized carbons (Fsp3) is 0.231. The van der Waals surface area contributed by atoms with Crippen molar-refractivity contribution in [3.05, 3.63) is 29.8 Å². The number of hydrogen-bond donors (Lipinski definition) is 3. The van der Waals surface area contributed by atoms with Gasteiger partial charge in [-0.25, -0.2) is 5.10 Å². The van der Waals surface area contributed by atoms with Crippen LogP contribution in [-0.2, 0) is 4.79 Å². The van der Waals surface area contributed by atoms with E-state index in [1.165, 1.54) is 11.8 Å². The summed E-state index contributed by atoms with van der Waals surface area (Å²) in [6.45, 7) is 1.89. The summed E-state index contributed by atoms with van der Waals surface area (Å²) in [7, 11) is 0. The molecule has 0 radical (unpaired) electrons. The number of H-pyrrole nitrogens is 1. The molecule has 1 amide bonds. The van der Waals surface area contributed by atoms with Crippen molar-refractivity contribution in [2.24, 2.45) is 0 Å². The van der Waals surface area contributed by atoms with Gasteiger partial charge in [0.15, 0.2) is 0 Å². The van der Waals surface area contributed by atoms with E-state index in [-0.39, 0.29) is 17.1 Å². The second-order valence-corrected chi connectivity index (χ2v) is 5.33. The zero-order valence-corrected chi connectivity index (χ0v) is 12.1. The van der Waals surface area contributed by atoms with Gasteiger partial charge in [-0.15, -0.1) is 5.10 Å². The van der Waals surface area contributed by atoms with Crippen LogP contribution in [0, 0.1) is 11.3 Å². The summed E-state index contributed by atoms with van der Waals surface area (Å²) in [5, 5.41) is 18.3. The topological polar surface area (TPSA) is 120 Å². The number of thioether (sulfide) groups is 1. The number of nitrogen functional groups attached to an aromatic ring is 1. The summed E-state index contributed by atoms with van der Waals surface area (Å²) in [5.41, 5.74) is 6.38. The van der Waals surface area contributed by atoms with Gasteiger partial charge in [-0.3, -0.25) is 4.79 Å². The van der Waals surface area contributed by atoms with Crippen molar-refractivity contribution in [3.63, 3.8) is 0 Å². The molecule has 7 nitrogen and oxygen atoms in total. The normalized spacial score (nSPS) is 11.6. The van der Waals surface area contributed by atoms with Gasteiger partial charge in [0.1, 0.15) is 6.07 Å². The van der Waals surface area contributed by atoms with Gasteiger partial charge in [0, 0.05) is 0 Å². The van der Waals surface area contributed by atoms with Crippen LogP contribution in [0.25, 0.3) is 0 Å². The third-order valence-corrected chi connectivity index (χ3v) is 3.92. The molecule has 0 spiro atoms. The van der Waals surface area contributed by atoms with Crippen molar-refractivity contribution < 1.29 is 4.79 Å². The van der Waals surface area contributed by atoms with Gasteiger partial charge in [0.2, 0.25) is 17.0 Å². The van der Waals surface area contributed by atoms with Crippen LogP contribution >= 0.6 is 11.8 Å². The summed E-state index contributed by atoms with van der Waals surface area (Å²) in [6, 6.07) is 8.90. The Kier molecular flexibility index (Phi) is 4.79. The highest BCUT2D eigenvalue weighted by Crippen LogP contribution is 2.24. The first-order chi connectivity index (χ1) is 10.1. The molecule has 0 aliphatic rings. The molecule has 0 aliphatic heterocycles. The minimum Gasteiger partial charge on any atom is -0.368 e. The predicted octanol–water partition coefficient (Wildman–Crippen LogP) is 1.77. The molecule has 108 valence electrons. The molecular weight excluding hydrogens is 288 g/mol. The van der Waals surface area contributed by atoms with Gasteiger partial charge in [-0.05, 0) is 18.6 Å². The molecule has 2 rings (SSSR count). The lowest BCUT2D eigenvalue weighted by Crippen LogP contribution is -2.25. The third-order valence-electron chi connectivity index (χ3n) is 2.70. The van der Waals surface area contributed by atoms with Gasteiger partial charge < -0.3 is 11.1 Å². The maximum Gasteiger partial charge on any atom is 0.238 e. The number of rotatable bonds is 5. The van der Waals surface area contributed by atoms with Crippen molar-refractivity contribution in [1.29, 1.82) is 5.26 Å². The van der Waals surface area contributed by atoms with Gasteiger partial charge in [-0.2, -0.15) is 10.2 Å². The highest BCUT2D eigenvalue weighted by molar-refractivity contribution is 8.00. The first-order valence-corrected chi connectivity index (χ1v) is 7.16. The van der Waals surface area contributed by atoms with E-state index in [4.69, 9.17) is 11.0 Å². The summed E-state index contributed by atoms with van der Waals surface area (Å²) in [5.74, 6) is 0.0103. The zero-order chi connectivity index (χ0) is 15.2. The Morgan fingerprint density at radius 3 is 2.95 bits per heavy atom. The van der Waals surface area contributed by atoms with Crippen LogP contribution in [0.3, 0.4) is 0 Å². The molecule has 1 heterocycles. The maximum absolute atomic E-state index is 12.3. The average Bonchev–Trinajstić information content (AvgIpc) is 2.90. The monoisotopic (exact) mass is 302 g/mol. The smallest absolute Gasteiger partial charge is 0.238 e. The molecule has 0 fully saturated rings. The molecule has 2 aromatic rings. The number of carbonyl (C=O) groups is 1. The lowest BCUT2D eigenvalue weighted by Gasteiger charge is -2.13. The lowest BCUT2D eigenvalue weighted by molar-refractivity contribution is -0.115. The number of hydrogen-bond acceptors (Lipinski definition) is 6. The molecule has 0 aliphatic carbocycles. The Balaban J connectivity index is 2.08. The summed E-state index contributed by atoms with van der Waals surface area (Å²) >= 11 is 1.22. The standard InChI is InChI=1S/C13H14N6OS/c1-2-10(21-13-17-12(15)18-19-13)11(20)16-9-6-4-3-5-8(9)7-14/h3-6,10H,2H2,1H3,(H,16,20)(H3,15,17,18,19)/t10-/m1/s1. The maximum atomic E-state index is 12.3. The summed E-state index contributed by atoms with van der Waals surface area (Å²) in [4.78, 5) is 16.2. The van der Waals surface area contributed by atoms with Crippen molar-refractivity contribution in [1.82, 2.24) is 15.2 Å². The van der Waals surface area contributed by atoms with Crippen molar-refractivity contribution >= 4 is 29.3 Å². The number of carbonyl (C=O) groups excluding carboxylic acids is 1. The first kappa shape index (κ1) is 14.9. The number of para-hydroxylation sites is 1. The molecule has 0 saturated carbocycles. The van der Waals surface area contributed by atoms with Crippen molar-refractivity contribution in [2.45, 2.75) is 23.8 Å². The Labute approximate surface area is 125 Å². The van der Waals surface area contributed by atoms with E-state index in [1.54, 1.807) is 24.3 Å². The molecular formula is C13H14N6OS. The third kappa shape index (κ3) is 3.73. The Morgan fingerprint density at radius 2 is 2.33 bits per heavy atom. The van der Waals surface area contributed by atoms with Crippen LogP contribution in [-0.4, -0.2) is 26.3 Å². The van der Waals surface area contributed by atoms with Crippen LogP contribution in [0.1, 0.15) is 18.9 Å². The fourth-order valence-corrected chi connectivity index (χ4v) is 2.50. The largest absolute Gasteiger partial charge is 0.368 e. The van der Waals surface area contributed by atoms with Crippen molar-refractivity contribution in [3.8, 4) is 6.07 Å². The zero-order valence-electron chi connectivity index (χ0n) is 11.3. The second-order valence-electron chi connectivity index (χ2n) is 4.16. The molecule has 0 bridgehead atoms. The molecule has 1 aromatic heterocycles. The van der Waals surface area contributed by atoms with Crippen LogP contribution in [0.5, 0.6) is 0 Å². The molecule has 1 atom stereocenters. The number of nitrogens with one attached hydrogen (secondary N) is 2. The lowest BCUT2D eigenvalue weighted by atomic mass is 10.2. The average molecular weight is 302 g/mol. The minimum absolute atomic E-state index is 0.200. The van der Waals surface area contributed by atoms with E-state index in [2.05, 4.69) is 20.5 Å². The number of nitriles is 1. The highest BCUT2D eigenvalue weighted by atomic mass is 32.2. The number of aromatic amines is 1. The summed E-state index contributed by atoms with van der Waals surface area (Å²) in [6.07, 6.45) is 0.597. The Morgan fingerprint density at radius 1 is 1.57 bits per heavy atom. The van der Waals surface area contributed by atoms with Gasteiger partial charge in [0.25, 0.3) is 0 Å². The second kappa shape index (κ2) is 6.76. The molecule has 0 saturated heterocycles. The number of nitrogens with zero attached hydrogens (tertiary/aromatic N) is 3. The van der Waals surface area contributed by atoms with E-state index in [9.17, 15) is 4.79 Å². The molecule has 4 N–H and O–H groups in total. The van der Waals surface area contributed by atoms with Crippen LogP contribution < -0.4 is 11.1 Å². The SMILES string of the molecule is CC[C@@H](Sc1n[nH]c(N)n1)C(=O)Nc1ccccc1C#N. The van der Waals surface area contributed by atoms with Gasteiger partial charge in [0.05, 0.1) is 16.5 Å². The Bertz CT molecular complexity index is 677. The number of aromatic nitrogens is 3. The van der Waals surface area contributed by atoms with E-state index < -0.39 is 0 Å². The highest BCUT2D eigenvalue weighted by Gasteiger charge is 2.21. The van der Waals surface area contributed by atoms with Gasteiger partial charge >= 0.3 is 0 Å². The molecule has 0 unspecified atom stereocenters. The van der Waals surface area contributed by atoms with E-state index >= 15 is 0 Å². The molecule has 8 heteroatoms. The van der Waals surface area contributed by atoms with Crippen LogP contribution in [0.4, 0.5) is 11.6 Å². The fourth-order valence-electron chi connectivity index (χ4n) is 1.66. The predicted molar refractivity (Wildman–Crippen MR) is 80.5 cm³/mol. The van der Waals surface area contributed by atoms with E-state index in [0.29, 0.717) is 22.8 Å². The number of nitrogens with two attached hydrogens (primary N) is 1.